The van der Waals surface area contributed by atoms with Crippen molar-refractivity contribution >= 4 is 11.7 Å². The van der Waals surface area contributed by atoms with Crippen molar-refractivity contribution in [1.29, 1.82) is 0 Å². The van der Waals surface area contributed by atoms with Gasteiger partial charge in [0.1, 0.15) is 29.5 Å². The third-order valence-electron chi connectivity index (χ3n) is 5.08. The molecule has 0 saturated carbocycles. The maximum atomic E-state index is 12.6. The van der Waals surface area contributed by atoms with Crippen LogP contribution in [0, 0.1) is 20.8 Å². The predicted molar refractivity (Wildman–Crippen MR) is 106 cm³/mol. The molecule has 0 N–H and O–H groups in total. The molecule has 1 aliphatic rings. The predicted octanol–water partition coefficient (Wildman–Crippen LogP) is 1.94. The van der Waals surface area contributed by atoms with Gasteiger partial charge in [0.15, 0.2) is 0 Å². The number of amides is 1. The molecular weight excluding hydrogens is 354 g/mol. The van der Waals surface area contributed by atoms with Gasteiger partial charge in [-0.25, -0.2) is 15.0 Å². The summed E-state index contributed by atoms with van der Waals surface area (Å²) in [5, 5.41) is 0. The van der Waals surface area contributed by atoms with Gasteiger partial charge in [-0.05, 0) is 32.9 Å². The highest BCUT2D eigenvalue weighted by Crippen LogP contribution is 2.20. The molecule has 3 aromatic heterocycles. The van der Waals surface area contributed by atoms with Crippen LogP contribution in [0.5, 0.6) is 0 Å². The van der Waals surface area contributed by atoms with E-state index in [4.69, 9.17) is 0 Å². The van der Waals surface area contributed by atoms with Gasteiger partial charge >= 0.3 is 0 Å². The molecule has 0 aromatic carbocycles. The van der Waals surface area contributed by atoms with Crippen molar-refractivity contribution in [3.63, 3.8) is 0 Å². The molecule has 1 amide bonds. The van der Waals surface area contributed by atoms with E-state index in [-0.39, 0.29) is 5.91 Å². The number of nitrogens with zero attached hydrogens (tertiary/aromatic N) is 7. The minimum Gasteiger partial charge on any atom is -0.353 e. The topological polar surface area (TPSA) is 80.0 Å². The van der Waals surface area contributed by atoms with Gasteiger partial charge in [0, 0.05) is 44.1 Å². The van der Waals surface area contributed by atoms with Crippen LogP contribution in [0.25, 0.3) is 5.82 Å². The van der Waals surface area contributed by atoms with Gasteiger partial charge in [-0.1, -0.05) is 6.07 Å². The second-order valence-electron chi connectivity index (χ2n) is 6.91. The van der Waals surface area contributed by atoms with Gasteiger partial charge in [0.05, 0.1) is 5.69 Å². The zero-order valence-electron chi connectivity index (χ0n) is 16.3. The molecule has 1 fully saturated rings. The number of piperazine rings is 1. The first-order chi connectivity index (χ1) is 13.5. The normalized spacial score (nSPS) is 14.4. The summed E-state index contributed by atoms with van der Waals surface area (Å²) in [6.07, 6.45) is 3.44. The molecule has 28 heavy (non-hydrogen) atoms. The highest BCUT2D eigenvalue weighted by atomic mass is 16.2. The number of carbonyl (C=O) groups excluding carboxylic acids is 1. The number of carbonyl (C=O) groups is 1. The largest absolute Gasteiger partial charge is 0.353 e. The highest BCUT2D eigenvalue weighted by molar-refractivity contribution is 5.92. The minimum absolute atomic E-state index is 0.0238. The van der Waals surface area contributed by atoms with Crippen molar-refractivity contribution in [3.8, 4) is 5.82 Å². The summed E-state index contributed by atoms with van der Waals surface area (Å²) < 4.78 is 1.98. The van der Waals surface area contributed by atoms with Crippen molar-refractivity contribution in [2.75, 3.05) is 31.1 Å². The van der Waals surface area contributed by atoms with Gasteiger partial charge in [-0.3, -0.25) is 14.3 Å². The van der Waals surface area contributed by atoms with Crippen LogP contribution in [0.2, 0.25) is 0 Å². The number of aromatic nitrogens is 5. The number of imidazole rings is 1. The molecular formula is C20H23N7O. The lowest BCUT2D eigenvalue weighted by atomic mass is 10.2. The van der Waals surface area contributed by atoms with Gasteiger partial charge in [0.25, 0.3) is 5.91 Å². The van der Waals surface area contributed by atoms with Crippen LogP contribution >= 0.6 is 0 Å². The average Bonchev–Trinajstić information content (AvgIpc) is 3.06. The number of aryl methyl sites for hydroxylation is 2. The average molecular weight is 377 g/mol. The fourth-order valence-electron chi connectivity index (χ4n) is 3.34. The second kappa shape index (κ2) is 7.38. The monoisotopic (exact) mass is 377 g/mol. The minimum atomic E-state index is -0.0238. The van der Waals surface area contributed by atoms with Gasteiger partial charge in [-0.2, -0.15) is 0 Å². The first-order valence-electron chi connectivity index (χ1n) is 9.35. The molecule has 144 valence electrons. The van der Waals surface area contributed by atoms with E-state index < -0.39 is 0 Å². The van der Waals surface area contributed by atoms with Crippen molar-refractivity contribution in [2.24, 2.45) is 0 Å². The van der Waals surface area contributed by atoms with Crippen LogP contribution in [0.1, 0.15) is 27.7 Å². The van der Waals surface area contributed by atoms with E-state index in [1.165, 1.54) is 0 Å². The maximum Gasteiger partial charge on any atom is 0.272 e. The first kappa shape index (κ1) is 18.1. The molecule has 8 nitrogen and oxygen atoms in total. The molecule has 3 aromatic rings. The smallest absolute Gasteiger partial charge is 0.272 e. The zero-order chi connectivity index (χ0) is 19.7. The molecule has 1 aliphatic heterocycles. The van der Waals surface area contributed by atoms with E-state index in [9.17, 15) is 4.79 Å². The van der Waals surface area contributed by atoms with Crippen LogP contribution < -0.4 is 4.90 Å². The Hall–Kier alpha value is -3.29. The molecule has 4 heterocycles. The van der Waals surface area contributed by atoms with Crippen molar-refractivity contribution < 1.29 is 4.79 Å². The Balaban J connectivity index is 1.50. The number of anilines is 1. The van der Waals surface area contributed by atoms with E-state index in [1.54, 1.807) is 18.6 Å². The lowest BCUT2D eigenvalue weighted by Crippen LogP contribution is -2.49. The molecule has 8 heteroatoms. The molecule has 0 radical (unpaired) electrons. The molecule has 0 atom stereocenters. The molecule has 0 spiro atoms. The molecule has 1 saturated heterocycles. The fourth-order valence-corrected chi connectivity index (χ4v) is 3.34. The quantitative estimate of drug-likeness (QED) is 0.694. The SMILES string of the molecule is Cc1nc(N2CCN(C(=O)c3ccccn3)CC2)cc(-n2cnc(C)c2C)n1. The number of rotatable bonds is 3. The highest BCUT2D eigenvalue weighted by Gasteiger charge is 2.24. The number of hydrogen-bond acceptors (Lipinski definition) is 6. The summed E-state index contributed by atoms with van der Waals surface area (Å²) in [4.78, 5) is 34.3. The Morgan fingerprint density at radius 2 is 1.71 bits per heavy atom. The van der Waals surface area contributed by atoms with Crippen LogP contribution in [-0.4, -0.2) is 61.5 Å². The van der Waals surface area contributed by atoms with E-state index in [2.05, 4.69) is 24.8 Å². The third-order valence-corrected chi connectivity index (χ3v) is 5.08. The second-order valence-corrected chi connectivity index (χ2v) is 6.91. The van der Waals surface area contributed by atoms with Crippen molar-refractivity contribution in [2.45, 2.75) is 20.8 Å². The summed E-state index contributed by atoms with van der Waals surface area (Å²) in [6, 6.07) is 7.39. The van der Waals surface area contributed by atoms with Crippen LogP contribution in [0.3, 0.4) is 0 Å². The summed E-state index contributed by atoms with van der Waals surface area (Å²) in [5.74, 6) is 2.38. The third kappa shape index (κ3) is 3.45. The van der Waals surface area contributed by atoms with E-state index in [1.807, 2.05) is 48.4 Å². The van der Waals surface area contributed by atoms with Gasteiger partial charge < -0.3 is 9.80 Å². The fraction of sp³-hybridized carbons (Fsp3) is 0.350. The zero-order valence-corrected chi connectivity index (χ0v) is 16.3. The Labute approximate surface area is 163 Å². The number of hydrogen-bond donors (Lipinski definition) is 0. The van der Waals surface area contributed by atoms with E-state index in [0.717, 1.165) is 36.1 Å². The Morgan fingerprint density at radius 3 is 2.36 bits per heavy atom. The summed E-state index contributed by atoms with van der Waals surface area (Å²) in [5.41, 5.74) is 2.54. The summed E-state index contributed by atoms with van der Waals surface area (Å²) >= 11 is 0. The maximum absolute atomic E-state index is 12.6. The van der Waals surface area contributed by atoms with Crippen LogP contribution in [0.15, 0.2) is 36.8 Å². The molecule has 0 bridgehead atoms. The lowest BCUT2D eigenvalue weighted by molar-refractivity contribution is 0.0740. The summed E-state index contributed by atoms with van der Waals surface area (Å²) in [6.45, 7) is 8.62. The van der Waals surface area contributed by atoms with Gasteiger partial charge in [-0.15, -0.1) is 0 Å². The molecule has 0 aliphatic carbocycles. The van der Waals surface area contributed by atoms with E-state index in [0.29, 0.717) is 24.6 Å². The van der Waals surface area contributed by atoms with Crippen molar-refractivity contribution in [1.82, 2.24) is 29.4 Å². The standard InChI is InChI=1S/C20H23N7O/c1-14-15(2)27(13-22-14)19-12-18(23-16(3)24-19)25-8-10-26(11-9-25)20(28)17-6-4-5-7-21-17/h4-7,12-13H,8-11H2,1-3H3. The Bertz CT molecular complexity index is 991. The number of pyridine rings is 1. The Morgan fingerprint density at radius 1 is 0.964 bits per heavy atom. The summed E-state index contributed by atoms with van der Waals surface area (Å²) in [7, 11) is 0. The first-order valence-corrected chi connectivity index (χ1v) is 9.35. The lowest BCUT2D eigenvalue weighted by Gasteiger charge is -2.35. The molecule has 0 unspecified atom stereocenters. The van der Waals surface area contributed by atoms with E-state index >= 15 is 0 Å². The Kier molecular flexibility index (Phi) is 4.77. The van der Waals surface area contributed by atoms with Gasteiger partial charge in [0.2, 0.25) is 0 Å². The van der Waals surface area contributed by atoms with Crippen LogP contribution in [-0.2, 0) is 0 Å². The van der Waals surface area contributed by atoms with Crippen molar-refractivity contribution in [3.05, 3.63) is 59.7 Å². The molecule has 4 rings (SSSR count). The van der Waals surface area contributed by atoms with Crippen LogP contribution in [0.4, 0.5) is 5.82 Å².